The van der Waals surface area contributed by atoms with Gasteiger partial charge >= 0.3 is 0 Å². The Morgan fingerprint density at radius 2 is 2.11 bits per heavy atom. The molecule has 2 atom stereocenters. The minimum Gasteiger partial charge on any atom is -0.377 e. The zero-order chi connectivity index (χ0) is 13.7. The standard InChI is InChI=1S/C16H26N2O/c1-13(10-17)15-7-5-14(6-8-15)11-18(2)12-16-4-3-9-19-16/h5-8,13,16H,3-4,9-12,17H2,1-2H3. The third-order valence-electron chi connectivity index (χ3n) is 3.89. The average molecular weight is 262 g/mol. The monoisotopic (exact) mass is 262 g/mol. The quantitative estimate of drug-likeness (QED) is 0.855. The van der Waals surface area contributed by atoms with Gasteiger partial charge in [-0.2, -0.15) is 0 Å². The molecule has 19 heavy (non-hydrogen) atoms. The molecule has 1 aliphatic heterocycles. The zero-order valence-corrected chi connectivity index (χ0v) is 12.1. The van der Waals surface area contributed by atoms with Crippen molar-refractivity contribution in [3.63, 3.8) is 0 Å². The highest BCUT2D eigenvalue weighted by Gasteiger charge is 2.17. The first-order chi connectivity index (χ1) is 9.19. The number of hydrogen-bond acceptors (Lipinski definition) is 3. The Morgan fingerprint density at radius 3 is 2.68 bits per heavy atom. The predicted octanol–water partition coefficient (Wildman–Crippen LogP) is 2.36. The molecule has 1 aliphatic rings. The van der Waals surface area contributed by atoms with Gasteiger partial charge in [-0.05, 0) is 43.5 Å². The molecule has 1 heterocycles. The van der Waals surface area contributed by atoms with Crippen LogP contribution in [0, 0.1) is 0 Å². The molecule has 0 aromatic heterocycles. The number of hydrogen-bond donors (Lipinski definition) is 1. The Kier molecular flexibility index (Phi) is 5.37. The summed E-state index contributed by atoms with van der Waals surface area (Å²) in [6, 6.07) is 8.83. The summed E-state index contributed by atoms with van der Waals surface area (Å²) < 4.78 is 5.67. The van der Waals surface area contributed by atoms with Crippen molar-refractivity contribution in [2.24, 2.45) is 5.73 Å². The maximum absolute atomic E-state index is 5.69. The van der Waals surface area contributed by atoms with Gasteiger partial charge in [-0.25, -0.2) is 0 Å². The van der Waals surface area contributed by atoms with Crippen LogP contribution in [0.3, 0.4) is 0 Å². The van der Waals surface area contributed by atoms with Crippen molar-refractivity contribution in [2.75, 3.05) is 26.7 Å². The van der Waals surface area contributed by atoms with Gasteiger partial charge in [-0.1, -0.05) is 31.2 Å². The molecule has 106 valence electrons. The Bertz CT molecular complexity index is 371. The minimum absolute atomic E-state index is 0.432. The van der Waals surface area contributed by atoms with Crippen LogP contribution in [0.2, 0.25) is 0 Å². The van der Waals surface area contributed by atoms with Gasteiger partial charge < -0.3 is 10.5 Å². The Morgan fingerprint density at radius 1 is 1.37 bits per heavy atom. The molecule has 1 saturated heterocycles. The molecule has 2 unspecified atom stereocenters. The van der Waals surface area contributed by atoms with E-state index < -0.39 is 0 Å². The van der Waals surface area contributed by atoms with E-state index >= 15 is 0 Å². The lowest BCUT2D eigenvalue weighted by molar-refractivity contribution is 0.0793. The van der Waals surface area contributed by atoms with Crippen molar-refractivity contribution in [1.29, 1.82) is 0 Å². The number of rotatable bonds is 6. The van der Waals surface area contributed by atoms with Crippen LogP contribution in [-0.4, -0.2) is 37.7 Å². The summed E-state index contributed by atoms with van der Waals surface area (Å²) in [6.07, 6.45) is 2.85. The van der Waals surface area contributed by atoms with Crippen LogP contribution in [0.1, 0.15) is 36.8 Å². The Labute approximate surface area is 116 Å². The molecule has 0 spiro atoms. The summed E-state index contributed by atoms with van der Waals surface area (Å²) in [5.41, 5.74) is 8.37. The van der Waals surface area contributed by atoms with Gasteiger partial charge in [0.25, 0.3) is 0 Å². The summed E-state index contributed by atoms with van der Waals surface area (Å²) >= 11 is 0. The molecule has 1 aromatic rings. The molecule has 2 N–H and O–H groups in total. The second-order valence-corrected chi connectivity index (χ2v) is 5.71. The van der Waals surface area contributed by atoms with Gasteiger partial charge in [0.15, 0.2) is 0 Å². The Hall–Kier alpha value is -0.900. The summed E-state index contributed by atoms with van der Waals surface area (Å²) in [7, 11) is 2.16. The highest BCUT2D eigenvalue weighted by Crippen LogP contribution is 2.17. The van der Waals surface area contributed by atoms with E-state index in [1.54, 1.807) is 0 Å². The number of nitrogens with two attached hydrogens (primary N) is 1. The van der Waals surface area contributed by atoms with Crippen LogP contribution >= 0.6 is 0 Å². The van der Waals surface area contributed by atoms with E-state index in [1.165, 1.54) is 24.0 Å². The average Bonchev–Trinajstić information content (AvgIpc) is 2.91. The van der Waals surface area contributed by atoms with E-state index in [4.69, 9.17) is 10.5 Å². The van der Waals surface area contributed by atoms with Gasteiger partial charge in [0, 0.05) is 19.7 Å². The number of likely N-dealkylation sites (N-methyl/N-ethyl adjacent to an activating group) is 1. The molecule has 3 nitrogen and oxygen atoms in total. The Balaban J connectivity index is 1.84. The van der Waals surface area contributed by atoms with Crippen LogP contribution < -0.4 is 5.73 Å². The number of nitrogens with zero attached hydrogens (tertiary/aromatic N) is 1. The van der Waals surface area contributed by atoms with E-state index in [0.717, 1.165) is 19.7 Å². The van der Waals surface area contributed by atoms with E-state index in [-0.39, 0.29) is 0 Å². The second kappa shape index (κ2) is 7.04. The molecular weight excluding hydrogens is 236 g/mol. The molecule has 0 aliphatic carbocycles. The van der Waals surface area contributed by atoms with Gasteiger partial charge in [-0.15, -0.1) is 0 Å². The molecule has 0 bridgehead atoms. The number of ether oxygens (including phenoxy) is 1. The first kappa shape index (κ1) is 14.5. The first-order valence-electron chi connectivity index (χ1n) is 7.28. The minimum atomic E-state index is 0.432. The fourth-order valence-corrected chi connectivity index (χ4v) is 2.60. The molecule has 0 amide bonds. The van der Waals surface area contributed by atoms with E-state index in [9.17, 15) is 0 Å². The topological polar surface area (TPSA) is 38.5 Å². The van der Waals surface area contributed by atoms with Gasteiger partial charge in [0.1, 0.15) is 0 Å². The molecule has 3 heteroatoms. The fraction of sp³-hybridized carbons (Fsp3) is 0.625. The van der Waals surface area contributed by atoms with Crippen LogP contribution in [0.15, 0.2) is 24.3 Å². The van der Waals surface area contributed by atoms with Gasteiger partial charge in [0.2, 0.25) is 0 Å². The van der Waals surface area contributed by atoms with Crippen molar-refractivity contribution in [2.45, 2.75) is 38.3 Å². The van der Waals surface area contributed by atoms with Crippen molar-refractivity contribution >= 4 is 0 Å². The SMILES string of the molecule is CC(CN)c1ccc(CN(C)CC2CCCO2)cc1. The summed E-state index contributed by atoms with van der Waals surface area (Å²) in [6.45, 7) is 5.82. The van der Waals surface area contributed by atoms with Crippen LogP contribution in [0.25, 0.3) is 0 Å². The fourth-order valence-electron chi connectivity index (χ4n) is 2.60. The third kappa shape index (κ3) is 4.30. The first-order valence-corrected chi connectivity index (χ1v) is 7.28. The van der Waals surface area contributed by atoms with E-state index in [2.05, 4.69) is 43.1 Å². The normalized spacial score (nSPS) is 20.9. The van der Waals surface area contributed by atoms with Crippen molar-refractivity contribution in [3.8, 4) is 0 Å². The van der Waals surface area contributed by atoms with Gasteiger partial charge in [-0.3, -0.25) is 4.90 Å². The molecule has 1 fully saturated rings. The summed E-state index contributed by atoms with van der Waals surface area (Å²) in [4.78, 5) is 2.34. The lowest BCUT2D eigenvalue weighted by atomic mass is 10.00. The smallest absolute Gasteiger partial charge is 0.0702 e. The maximum Gasteiger partial charge on any atom is 0.0702 e. The highest BCUT2D eigenvalue weighted by molar-refractivity contribution is 5.25. The van der Waals surface area contributed by atoms with Crippen LogP contribution in [-0.2, 0) is 11.3 Å². The lowest BCUT2D eigenvalue weighted by Gasteiger charge is -2.20. The maximum atomic E-state index is 5.69. The zero-order valence-electron chi connectivity index (χ0n) is 12.1. The molecule has 0 radical (unpaired) electrons. The van der Waals surface area contributed by atoms with E-state index in [1.807, 2.05) is 0 Å². The van der Waals surface area contributed by atoms with Crippen LogP contribution in [0.5, 0.6) is 0 Å². The third-order valence-corrected chi connectivity index (χ3v) is 3.89. The highest BCUT2D eigenvalue weighted by atomic mass is 16.5. The second-order valence-electron chi connectivity index (χ2n) is 5.71. The van der Waals surface area contributed by atoms with Crippen molar-refractivity contribution < 1.29 is 4.74 Å². The molecule has 2 rings (SSSR count). The van der Waals surface area contributed by atoms with Crippen molar-refractivity contribution in [1.82, 2.24) is 4.90 Å². The molecular formula is C16H26N2O. The number of benzene rings is 1. The van der Waals surface area contributed by atoms with Gasteiger partial charge in [0.05, 0.1) is 6.10 Å². The lowest BCUT2D eigenvalue weighted by Crippen LogP contribution is -2.28. The predicted molar refractivity (Wildman–Crippen MR) is 79.2 cm³/mol. The largest absolute Gasteiger partial charge is 0.377 e. The van der Waals surface area contributed by atoms with E-state index in [0.29, 0.717) is 18.6 Å². The van der Waals surface area contributed by atoms with Crippen molar-refractivity contribution in [3.05, 3.63) is 35.4 Å². The summed E-state index contributed by atoms with van der Waals surface area (Å²) in [5, 5.41) is 0. The summed E-state index contributed by atoms with van der Waals surface area (Å²) in [5.74, 6) is 0.443. The molecule has 0 saturated carbocycles. The molecule has 1 aromatic carbocycles. The van der Waals surface area contributed by atoms with Crippen LogP contribution in [0.4, 0.5) is 0 Å².